The predicted molar refractivity (Wildman–Crippen MR) is 70.9 cm³/mol. The molecule has 1 aliphatic rings. The van der Waals surface area contributed by atoms with Gasteiger partial charge in [0.05, 0.1) is 5.56 Å². The molecule has 2 rings (SSSR count). The third-order valence-corrected chi connectivity index (χ3v) is 3.55. The van der Waals surface area contributed by atoms with E-state index < -0.39 is 5.97 Å². The second-order valence-corrected chi connectivity index (χ2v) is 4.91. The van der Waals surface area contributed by atoms with E-state index >= 15 is 0 Å². The van der Waals surface area contributed by atoms with Crippen molar-refractivity contribution in [1.82, 2.24) is 10.6 Å². The van der Waals surface area contributed by atoms with Crippen molar-refractivity contribution in [2.75, 3.05) is 19.6 Å². The predicted octanol–water partition coefficient (Wildman–Crippen LogP) is 1.12. The van der Waals surface area contributed by atoms with Gasteiger partial charge < -0.3 is 15.7 Å². The van der Waals surface area contributed by atoms with Crippen molar-refractivity contribution in [1.29, 1.82) is 0 Å². The first-order valence-electron chi connectivity index (χ1n) is 6.44. The standard InChI is InChI=1S/C14H20N2O2/c1-10(13-9-15-6-7-16-13)8-11-4-2-3-5-12(11)14(17)18/h2-5,10,13,15-16H,6-9H2,1H3,(H,17,18)/t10-,13?/m0/s1. The van der Waals surface area contributed by atoms with Gasteiger partial charge in [-0.15, -0.1) is 0 Å². The van der Waals surface area contributed by atoms with Crippen molar-refractivity contribution in [2.24, 2.45) is 5.92 Å². The number of hydrogen-bond acceptors (Lipinski definition) is 3. The van der Waals surface area contributed by atoms with Gasteiger partial charge in [-0.25, -0.2) is 4.79 Å². The minimum atomic E-state index is -0.840. The highest BCUT2D eigenvalue weighted by atomic mass is 16.4. The van der Waals surface area contributed by atoms with Gasteiger partial charge in [0, 0.05) is 25.7 Å². The van der Waals surface area contributed by atoms with Crippen molar-refractivity contribution < 1.29 is 9.90 Å². The molecule has 1 saturated heterocycles. The summed E-state index contributed by atoms with van der Waals surface area (Å²) < 4.78 is 0. The van der Waals surface area contributed by atoms with E-state index in [-0.39, 0.29) is 0 Å². The Morgan fingerprint density at radius 1 is 1.44 bits per heavy atom. The van der Waals surface area contributed by atoms with Crippen LogP contribution in [-0.2, 0) is 6.42 Å². The van der Waals surface area contributed by atoms with Crippen molar-refractivity contribution in [3.05, 3.63) is 35.4 Å². The Morgan fingerprint density at radius 3 is 2.89 bits per heavy atom. The van der Waals surface area contributed by atoms with Crippen molar-refractivity contribution in [2.45, 2.75) is 19.4 Å². The molecule has 98 valence electrons. The maximum absolute atomic E-state index is 11.2. The normalized spacial score (nSPS) is 21.5. The zero-order valence-corrected chi connectivity index (χ0v) is 10.6. The van der Waals surface area contributed by atoms with Gasteiger partial charge in [0.15, 0.2) is 0 Å². The number of hydrogen-bond donors (Lipinski definition) is 3. The lowest BCUT2D eigenvalue weighted by atomic mass is 9.90. The molecule has 1 unspecified atom stereocenters. The SMILES string of the molecule is C[C@@H](Cc1ccccc1C(=O)O)C1CNCCN1. The van der Waals surface area contributed by atoms with Gasteiger partial charge in [-0.2, -0.15) is 0 Å². The maximum atomic E-state index is 11.2. The molecule has 1 aromatic rings. The van der Waals surface area contributed by atoms with Crippen LogP contribution in [0.3, 0.4) is 0 Å². The molecule has 1 fully saturated rings. The summed E-state index contributed by atoms with van der Waals surface area (Å²) in [7, 11) is 0. The summed E-state index contributed by atoms with van der Waals surface area (Å²) in [6.07, 6.45) is 0.793. The summed E-state index contributed by atoms with van der Waals surface area (Å²) in [4.78, 5) is 11.2. The molecule has 4 heteroatoms. The number of nitrogens with one attached hydrogen (secondary N) is 2. The van der Waals surface area contributed by atoms with E-state index in [0.29, 0.717) is 17.5 Å². The molecule has 0 bridgehead atoms. The minimum absolute atomic E-state index is 0.415. The van der Waals surface area contributed by atoms with Crippen LogP contribution in [0.4, 0.5) is 0 Å². The van der Waals surface area contributed by atoms with E-state index in [9.17, 15) is 4.79 Å². The highest BCUT2D eigenvalue weighted by molar-refractivity contribution is 5.89. The third kappa shape index (κ3) is 3.09. The van der Waals surface area contributed by atoms with Crippen molar-refractivity contribution in [3.8, 4) is 0 Å². The number of carboxylic acids is 1. The second kappa shape index (κ2) is 5.98. The molecule has 1 heterocycles. The van der Waals surface area contributed by atoms with Gasteiger partial charge in [0.1, 0.15) is 0 Å². The molecular formula is C14H20N2O2. The number of carbonyl (C=O) groups is 1. The van der Waals surface area contributed by atoms with Gasteiger partial charge in [-0.3, -0.25) is 0 Å². The largest absolute Gasteiger partial charge is 0.478 e. The second-order valence-electron chi connectivity index (χ2n) is 4.91. The lowest BCUT2D eigenvalue weighted by molar-refractivity contribution is 0.0695. The Balaban J connectivity index is 2.06. The average Bonchev–Trinajstić information content (AvgIpc) is 2.40. The van der Waals surface area contributed by atoms with E-state index in [1.165, 1.54) is 0 Å². The Kier molecular flexibility index (Phi) is 4.33. The number of piperazine rings is 1. The molecule has 1 aromatic carbocycles. The van der Waals surface area contributed by atoms with Crippen LogP contribution < -0.4 is 10.6 Å². The molecule has 2 atom stereocenters. The molecule has 3 N–H and O–H groups in total. The van der Waals surface area contributed by atoms with Crippen LogP contribution in [0.2, 0.25) is 0 Å². The molecular weight excluding hydrogens is 228 g/mol. The first-order chi connectivity index (χ1) is 8.68. The fourth-order valence-electron chi connectivity index (χ4n) is 2.47. The van der Waals surface area contributed by atoms with Crippen LogP contribution in [0.25, 0.3) is 0 Å². The molecule has 0 saturated carbocycles. The fraction of sp³-hybridized carbons (Fsp3) is 0.500. The van der Waals surface area contributed by atoms with E-state index in [4.69, 9.17) is 5.11 Å². The van der Waals surface area contributed by atoms with Crippen LogP contribution in [0.1, 0.15) is 22.8 Å². The van der Waals surface area contributed by atoms with Gasteiger partial charge in [-0.05, 0) is 24.0 Å². The summed E-state index contributed by atoms with van der Waals surface area (Å²) in [5, 5.41) is 16.0. The van der Waals surface area contributed by atoms with Crippen LogP contribution in [0.15, 0.2) is 24.3 Å². The molecule has 0 aliphatic carbocycles. The number of carboxylic acid groups (broad SMARTS) is 1. The third-order valence-electron chi connectivity index (χ3n) is 3.55. The zero-order chi connectivity index (χ0) is 13.0. The molecule has 0 amide bonds. The zero-order valence-electron chi connectivity index (χ0n) is 10.6. The summed E-state index contributed by atoms with van der Waals surface area (Å²) in [5.41, 5.74) is 1.35. The van der Waals surface area contributed by atoms with E-state index in [0.717, 1.165) is 31.6 Å². The monoisotopic (exact) mass is 248 g/mol. The molecule has 1 aliphatic heterocycles. The van der Waals surface area contributed by atoms with Gasteiger partial charge in [-0.1, -0.05) is 25.1 Å². The molecule has 18 heavy (non-hydrogen) atoms. The maximum Gasteiger partial charge on any atom is 0.335 e. The summed E-state index contributed by atoms with van der Waals surface area (Å²) in [5.74, 6) is -0.425. The lowest BCUT2D eigenvalue weighted by Gasteiger charge is -2.30. The van der Waals surface area contributed by atoms with Crippen LogP contribution in [-0.4, -0.2) is 36.8 Å². The Labute approximate surface area is 107 Å². The number of rotatable bonds is 4. The molecule has 0 spiro atoms. The lowest BCUT2D eigenvalue weighted by Crippen LogP contribution is -2.51. The fourth-order valence-corrected chi connectivity index (χ4v) is 2.47. The first-order valence-corrected chi connectivity index (χ1v) is 6.44. The Morgan fingerprint density at radius 2 is 2.22 bits per heavy atom. The summed E-state index contributed by atoms with van der Waals surface area (Å²) in [6, 6.07) is 7.69. The van der Waals surface area contributed by atoms with E-state index in [1.54, 1.807) is 12.1 Å². The van der Waals surface area contributed by atoms with Crippen LogP contribution in [0.5, 0.6) is 0 Å². The number of aromatic carboxylic acids is 1. The van der Waals surface area contributed by atoms with Gasteiger partial charge >= 0.3 is 5.97 Å². The molecule has 4 nitrogen and oxygen atoms in total. The smallest absolute Gasteiger partial charge is 0.335 e. The molecule has 0 radical (unpaired) electrons. The summed E-state index contributed by atoms with van der Waals surface area (Å²) in [6.45, 7) is 5.12. The highest BCUT2D eigenvalue weighted by Crippen LogP contribution is 2.17. The van der Waals surface area contributed by atoms with E-state index in [2.05, 4.69) is 17.6 Å². The minimum Gasteiger partial charge on any atom is -0.478 e. The van der Waals surface area contributed by atoms with E-state index in [1.807, 2.05) is 12.1 Å². The van der Waals surface area contributed by atoms with Gasteiger partial charge in [0.2, 0.25) is 0 Å². The average molecular weight is 248 g/mol. The topological polar surface area (TPSA) is 61.4 Å². The number of benzene rings is 1. The Hall–Kier alpha value is -1.39. The van der Waals surface area contributed by atoms with Crippen molar-refractivity contribution >= 4 is 5.97 Å². The Bertz CT molecular complexity index is 414. The van der Waals surface area contributed by atoms with Gasteiger partial charge in [0.25, 0.3) is 0 Å². The highest BCUT2D eigenvalue weighted by Gasteiger charge is 2.21. The van der Waals surface area contributed by atoms with Crippen LogP contribution >= 0.6 is 0 Å². The first kappa shape index (κ1) is 13.1. The van der Waals surface area contributed by atoms with Crippen molar-refractivity contribution in [3.63, 3.8) is 0 Å². The molecule has 0 aromatic heterocycles. The summed E-state index contributed by atoms with van der Waals surface area (Å²) >= 11 is 0. The van der Waals surface area contributed by atoms with Crippen LogP contribution in [0, 0.1) is 5.92 Å². The quantitative estimate of drug-likeness (QED) is 0.747.